The van der Waals surface area contributed by atoms with Crippen molar-refractivity contribution < 1.29 is 9.78 Å². The Labute approximate surface area is 78.9 Å². The highest BCUT2D eigenvalue weighted by atomic mass is 35.5. The predicted molar refractivity (Wildman–Crippen MR) is 40.0 cm³/mol. The molecule has 1 aromatic rings. The second-order valence-corrected chi connectivity index (χ2v) is 2.02. The van der Waals surface area contributed by atoms with Crippen LogP contribution in [0.4, 0.5) is 0 Å². The minimum absolute atomic E-state index is 0. The lowest BCUT2D eigenvalue weighted by molar-refractivity contribution is -0.274. The van der Waals surface area contributed by atoms with Crippen molar-refractivity contribution in [3.63, 3.8) is 0 Å². The fourth-order valence-electron chi connectivity index (χ4n) is 0.786. The second-order valence-electron chi connectivity index (χ2n) is 2.02. The van der Waals surface area contributed by atoms with E-state index in [1.165, 1.54) is 17.3 Å². The van der Waals surface area contributed by atoms with Crippen molar-refractivity contribution in [3.05, 3.63) is 18.2 Å². The SMILES string of the molecule is Cl.N#CC1=COOC1n1cnnn1. The third kappa shape index (κ3) is 1.58. The number of hydrogen-bond acceptors (Lipinski definition) is 6. The van der Waals surface area contributed by atoms with Crippen LogP contribution >= 0.6 is 12.4 Å². The molecule has 1 unspecified atom stereocenters. The quantitative estimate of drug-likeness (QED) is 0.593. The average molecular weight is 202 g/mol. The van der Waals surface area contributed by atoms with Crippen molar-refractivity contribution in [1.29, 1.82) is 5.26 Å². The summed E-state index contributed by atoms with van der Waals surface area (Å²) >= 11 is 0. The monoisotopic (exact) mass is 201 g/mol. The van der Waals surface area contributed by atoms with Crippen molar-refractivity contribution in [2.45, 2.75) is 6.23 Å². The zero-order valence-corrected chi connectivity index (χ0v) is 7.01. The summed E-state index contributed by atoms with van der Waals surface area (Å²) in [5.74, 6) is 0. The minimum atomic E-state index is -0.662. The highest BCUT2D eigenvalue weighted by molar-refractivity contribution is 5.85. The molecule has 2 heterocycles. The molecule has 68 valence electrons. The van der Waals surface area contributed by atoms with Crippen LogP contribution in [0.5, 0.6) is 0 Å². The Balaban J connectivity index is 0.000000845. The maximum absolute atomic E-state index is 8.58. The third-order valence-electron chi connectivity index (χ3n) is 1.32. The molecule has 0 radical (unpaired) electrons. The topological polar surface area (TPSA) is 85.9 Å². The summed E-state index contributed by atoms with van der Waals surface area (Å²) < 4.78 is 1.28. The molecule has 1 aliphatic heterocycles. The van der Waals surface area contributed by atoms with Crippen LogP contribution in [0.25, 0.3) is 0 Å². The van der Waals surface area contributed by atoms with E-state index in [2.05, 4.69) is 20.4 Å². The average Bonchev–Trinajstić information content (AvgIpc) is 2.74. The molecule has 13 heavy (non-hydrogen) atoms. The van der Waals surface area contributed by atoms with Gasteiger partial charge in [0.1, 0.15) is 24.2 Å². The highest BCUT2D eigenvalue weighted by Gasteiger charge is 2.25. The number of aromatic nitrogens is 4. The molecule has 0 bridgehead atoms. The zero-order chi connectivity index (χ0) is 8.39. The number of rotatable bonds is 1. The van der Waals surface area contributed by atoms with Gasteiger partial charge in [0, 0.05) is 0 Å². The fraction of sp³-hybridized carbons (Fsp3) is 0.200. The Hall–Kier alpha value is -1.65. The van der Waals surface area contributed by atoms with Gasteiger partial charge in [-0.25, -0.2) is 0 Å². The van der Waals surface area contributed by atoms with Gasteiger partial charge in [-0.1, -0.05) is 0 Å². The normalized spacial score (nSPS) is 19.6. The maximum Gasteiger partial charge on any atom is 0.237 e. The smallest absolute Gasteiger partial charge is 0.237 e. The Kier molecular flexibility index (Phi) is 2.79. The van der Waals surface area contributed by atoms with Gasteiger partial charge in [-0.2, -0.15) is 14.8 Å². The van der Waals surface area contributed by atoms with E-state index in [1.54, 1.807) is 0 Å². The molecule has 0 aliphatic carbocycles. The van der Waals surface area contributed by atoms with Crippen LogP contribution in [-0.4, -0.2) is 20.2 Å². The molecule has 1 aliphatic rings. The van der Waals surface area contributed by atoms with Crippen LogP contribution in [0.15, 0.2) is 18.2 Å². The van der Waals surface area contributed by atoms with Crippen LogP contribution in [-0.2, 0) is 9.78 Å². The Bertz CT molecular complexity index is 342. The minimum Gasteiger partial charge on any atom is -0.342 e. The molecular weight excluding hydrogens is 198 g/mol. The lowest BCUT2D eigenvalue weighted by atomic mass is 10.3. The molecule has 0 saturated heterocycles. The number of hydrogen-bond donors (Lipinski definition) is 0. The Morgan fingerprint density at radius 3 is 3.08 bits per heavy atom. The van der Waals surface area contributed by atoms with Crippen molar-refractivity contribution in [2.75, 3.05) is 0 Å². The summed E-state index contributed by atoms with van der Waals surface area (Å²) in [6.07, 6.45) is 1.89. The van der Waals surface area contributed by atoms with Gasteiger partial charge in [0.2, 0.25) is 6.23 Å². The lowest BCUT2D eigenvalue weighted by Gasteiger charge is -2.04. The predicted octanol–water partition coefficient (Wildman–Crippen LogP) is -0.0372. The van der Waals surface area contributed by atoms with Crippen LogP contribution in [0.2, 0.25) is 0 Å². The van der Waals surface area contributed by atoms with E-state index in [1.807, 2.05) is 6.07 Å². The van der Waals surface area contributed by atoms with Gasteiger partial charge in [0.25, 0.3) is 0 Å². The van der Waals surface area contributed by atoms with Crippen LogP contribution < -0.4 is 0 Å². The van der Waals surface area contributed by atoms with Gasteiger partial charge in [-0.3, -0.25) is 0 Å². The lowest BCUT2D eigenvalue weighted by Crippen LogP contribution is -2.10. The Morgan fingerprint density at radius 1 is 1.62 bits per heavy atom. The van der Waals surface area contributed by atoms with Gasteiger partial charge in [-0.15, -0.1) is 17.5 Å². The summed E-state index contributed by atoms with van der Waals surface area (Å²) in [5, 5.41) is 18.9. The van der Waals surface area contributed by atoms with Crippen molar-refractivity contribution >= 4 is 12.4 Å². The maximum atomic E-state index is 8.58. The van der Waals surface area contributed by atoms with E-state index >= 15 is 0 Å². The van der Waals surface area contributed by atoms with E-state index in [-0.39, 0.29) is 12.4 Å². The molecule has 0 amide bonds. The molecule has 2 rings (SSSR count). The first-order valence-corrected chi connectivity index (χ1v) is 3.06. The number of tetrazole rings is 1. The van der Waals surface area contributed by atoms with Gasteiger partial charge in [0.15, 0.2) is 0 Å². The van der Waals surface area contributed by atoms with Crippen LogP contribution in [0.3, 0.4) is 0 Å². The summed E-state index contributed by atoms with van der Waals surface area (Å²) in [6.45, 7) is 0. The molecule has 0 N–H and O–H groups in total. The molecule has 7 nitrogen and oxygen atoms in total. The van der Waals surface area contributed by atoms with E-state index in [9.17, 15) is 0 Å². The van der Waals surface area contributed by atoms with E-state index in [4.69, 9.17) is 10.1 Å². The van der Waals surface area contributed by atoms with Crippen molar-refractivity contribution in [3.8, 4) is 6.07 Å². The summed E-state index contributed by atoms with van der Waals surface area (Å²) in [4.78, 5) is 9.19. The number of nitriles is 1. The van der Waals surface area contributed by atoms with E-state index in [0.717, 1.165) is 0 Å². The third-order valence-corrected chi connectivity index (χ3v) is 1.32. The second kappa shape index (κ2) is 3.84. The first-order chi connectivity index (χ1) is 5.92. The molecule has 0 spiro atoms. The van der Waals surface area contributed by atoms with Gasteiger partial charge >= 0.3 is 0 Å². The highest BCUT2D eigenvalue weighted by Crippen LogP contribution is 2.23. The molecule has 0 saturated carbocycles. The van der Waals surface area contributed by atoms with Gasteiger partial charge in [0.05, 0.1) is 0 Å². The van der Waals surface area contributed by atoms with Gasteiger partial charge in [-0.05, 0) is 10.4 Å². The first kappa shape index (κ1) is 9.44. The summed E-state index contributed by atoms with van der Waals surface area (Å²) in [5.41, 5.74) is 0.322. The van der Waals surface area contributed by atoms with Crippen LogP contribution in [0, 0.1) is 11.3 Å². The number of halogens is 1. The fourth-order valence-corrected chi connectivity index (χ4v) is 0.786. The van der Waals surface area contributed by atoms with Gasteiger partial charge < -0.3 is 4.89 Å². The molecule has 8 heteroatoms. The standard InChI is InChI=1S/C5H3N5O2.ClH/c6-1-4-2-11-12-5(4)10-3-7-8-9-10;/h2-3,5H;1H. The van der Waals surface area contributed by atoms with Crippen molar-refractivity contribution in [1.82, 2.24) is 20.2 Å². The summed E-state index contributed by atoms with van der Waals surface area (Å²) in [6, 6.07) is 1.90. The molecule has 0 fully saturated rings. The zero-order valence-electron chi connectivity index (χ0n) is 6.19. The first-order valence-electron chi connectivity index (χ1n) is 3.06. The molecule has 0 aromatic carbocycles. The summed E-state index contributed by atoms with van der Waals surface area (Å²) in [7, 11) is 0. The van der Waals surface area contributed by atoms with Crippen molar-refractivity contribution in [2.24, 2.45) is 0 Å². The van der Waals surface area contributed by atoms with Crippen LogP contribution in [0.1, 0.15) is 6.23 Å². The largest absolute Gasteiger partial charge is 0.342 e. The molecule has 1 aromatic heterocycles. The molecule has 1 atom stereocenters. The van der Waals surface area contributed by atoms with E-state index in [0.29, 0.717) is 5.57 Å². The Morgan fingerprint density at radius 2 is 2.46 bits per heavy atom. The molecular formula is C5H4ClN5O2. The number of nitrogens with zero attached hydrogens (tertiary/aromatic N) is 5. The van der Waals surface area contributed by atoms with E-state index < -0.39 is 6.23 Å².